The summed E-state index contributed by atoms with van der Waals surface area (Å²) in [6.45, 7) is -2.05. The predicted octanol–water partition coefficient (Wildman–Crippen LogP) is -2.99. The van der Waals surface area contributed by atoms with Gasteiger partial charge in [0, 0.05) is 0 Å². The van der Waals surface area contributed by atoms with Gasteiger partial charge in [-0.25, -0.2) is 9.13 Å². The summed E-state index contributed by atoms with van der Waals surface area (Å²) in [5.41, 5.74) is 0. The Morgan fingerprint density at radius 2 is 1.55 bits per heavy atom. The van der Waals surface area contributed by atoms with Crippen LogP contribution < -0.4 is 0 Å². The summed E-state index contributed by atoms with van der Waals surface area (Å²) in [7, 11) is -9.82. The van der Waals surface area contributed by atoms with Crippen molar-refractivity contribution >= 4 is 15.6 Å². The minimum Gasteiger partial charge on any atom is -0.387 e. The van der Waals surface area contributed by atoms with Gasteiger partial charge in [0.25, 0.3) is 0 Å². The summed E-state index contributed by atoms with van der Waals surface area (Å²) in [6.07, 6.45) is -5.38. The fraction of sp³-hybridized carbons (Fsp3) is 1.00. The van der Waals surface area contributed by atoms with E-state index in [-0.39, 0.29) is 0 Å². The maximum absolute atomic E-state index is 10.5. The van der Waals surface area contributed by atoms with Crippen LogP contribution in [0.15, 0.2) is 0 Å². The normalized spacial score (nSPS) is 35.5. The molecule has 0 aromatic rings. The molecule has 1 heterocycles. The summed E-state index contributed by atoms with van der Waals surface area (Å²) in [6, 6.07) is 0. The van der Waals surface area contributed by atoms with Crippen LogP contribution in [0.25, 0.3) is 0 Å². The second kappa shape index (κ2) is 6.05. The Hall–Kier alpha value is 0.0600. The van der Waals surface area contributed by atoms with Crippen LogP contribution in [0.2, 0.25) is 0 Å². The molecule has 0 bridgehead atoms. The summed E-state index contributed by atoms with van der Waals surface area (Å²) >= 11 is 0. The molecular formula is C6H14O12P2. The molecule has 0 aromatic heterocycles. The fourth-order valence-corrected chi connectivity index (χ4v) is 2.17. The third-order valence-corrected chi connectivity index (χ3v) is 3.32. The molecule has 0 aliphatic carbocycles. The second-order valence-electron chi connectivity index (χ2n) is 3.99. The quantitative estimate of drug-likeness (QED) is 0.242. The van der Waals surface area contributed by atoms with E-state index in [0.29, 0.717) is 0 Å². The van der Waals surface area contributed by atoms with Gasteiger partial charge in [-0.2, -0.15) is 0 Å². The first kappa shape index (κ1) is 18.1. The Balaban J connectivity index is 2.67. The van der Waals surface area contributed by atoms with Gasteiger partial charge in [0.15, 0.2) is 0 Å². The van der Waals surface area contributed by atoms with Gasteiger partial charge in [0.05, 0.1) is 6.61 Å². The van der Waals surface area contributed by atoms with Gasteiger partial charge in [-0.05, 0) is 0 Å². The molecule has 1 saturated heterocycles. The van der Waals surface area contributed by atoms with Crippen molar-refractivity contribution in [2.75, 3.05) is 13.2 Å². The lowest BCUT2D eigenvalue weighted by Gasteiger charge is -2.25. The van der Waals surface area contributed by atoms with Gasteiger partial charge in [-0.1, -0.05) is 0 Å². The number of ether oxygens (including phenoxy) is 1. The topological polar surface area (TPSA) is 203 Å². The summed E-state index contributed by atoms with van der Waals surface area (Å²) in [4.78, 5) is 33.9. The molecule has 0 radical (unpaired) electrons. The van der Waals surface area contributed by atoms with Gasteiger partial charge < -0.3 is 39.6 Å². The highest BCUT2D eigenvalue weighted by atomic mass is 31.2. The smallest absolute Gasteiger partial charge is 0.387 e. The Kier molecular flexibility index (Phi) is 5.48. The molecule has 120 valence electrons. The average molecular weight is 340 g/mol. The molecule has 4 atom stereocenters. The third kappa shape index (κ3) is 5.11. The highest BCUT2D eigenvalue weighted by Gasteiger charge is 2.54. The zero-order valence-electron chi connectivity index (χ0n) is 9.71. The number of aliphatic hydroxyl groups excluding tert-OH is 2. The molecule has 0 spiro atoms. The molecule has 14 heteroatoms. The van der Waals surface area contributed by atoms with Crippen molar-refractivity contribution < 1.29 is 57.8 Å². The number of hydrogen-bond donors (Lipinski definition) is 7. The lowest BCUT2D eigenvalue weighted by molar-refractivity contribution is -0.245. The molecular weight excluding hydrogens is 326 g/mol. The van der Waals surface area contributed by atoms with E-state index in [4.69, 9.17) is 19.6 Å². The average Bonchev–Trinajstić information content (AvgIpc) is 2.48. The SMILES string of the molecule is O=P(O)(O)OC[C@H]1OC(O)(COP(=O)(O)O)[C@@H](O)[C@H]1O. The van der Waals surface area contributed by atoms with Gasteiger partial charge in [-0.3, -0.25) is 9.05 Å². The summed E-state index contributed by atoms with van der Waals surface area (Å²) in [5.74, 6) is -2.66. The van der Waals surface area contributed by atoms with Crippen molar-refractivity contribution in [3.8, 4) is 0 Å². The van der Waals surface area contributed by atoms with Crippen LogP contribution in [0.4, 0.5) is 0 Å². The summed E-state index contributed by atoms with van der Waals surface area (Å²) < 4.78 is 33.6. The third-order valence-electron chi connectivity index (χ3n) is 2.37. The molecule has 0 aromatic carbocycles. The van der Waals surface area contributed by atoms with Crippen molar-refractivity contribution in [2.45, 2.75) is 24.1 Å². The molecule has 20 heavy (non-hydrogen) atoms. The van der Waals surface area contributed by atoms with Crippen molar-refractivity contribution in [1.82, 2.24) is 0 Å². The van der Waals surface area contributed by atoms with Gasteiger partial charge in [0.1, 0.15) is 24.9 Å². The van der Waals surface area contributed by atoms with E-state index < -0.39 is 53.0 Å². The first-order valence-corrected chi connectivity index (χ1v) is 8.07. The molecule has 0 amide bonds. The molecule has 1 aliphatic heterocycles. The number of aliphatic hydroxyl groups is 3. The van der Waals surface area contributed by atoms with E-state index in [1.807, 2.05) is 0 Å². The largest absolute Gasteiger partial charge is 0.469 e. The van der Waals surface area contributed by atoms with E-state index in [1.54, 1.807) is 0 Å². The number of phosphoric ester groups is 2. The number of rotatable bonds is 6. The lowest BCUT2D eigenvalue weighted by atomic mass is 10.1. The van der Waals surface area contributed by atoms with E-state index in [9.17, 15) is 24.4 Å². The van der Waals surface area contributed by atoms with E-state index in [2.05, 4.69) is 13.8 Å². The van der Waals surface area contributed by atoms with Crippen LogP contribution in [0.5, 0.6) is 0 Å². The molecule has 12 nitrogen and oxygen atoms in total. The minimum absolute atomic E-state index is 0.874. The van der Waals surface area contributed by atoms with Crippen molar-refractivity contribution in [3.05, 3.63) is 0 Å². The molecule has 7 N–H and O–H groups in total. The monoisotopic (exact) mass is 340 g/mol. The van der Waals surface area contributed by atoms with Gasteiger partial charge in [-0.15, -0.1) is 0 Å². The minimum atomic E-state index is -4.96. The highest BCUT2D eigenvalue weighted by molar-refractivity contribution is 7.46. The van der Waals surface area contributed by atoms with Crippen LogP contribution in [-0.2, 0) is 22.9 Å². The van der Waals surface area contributed by atoms with Crippen LogP contribution >= 0.6 is 15.6 Å². The molecule has 1 fully saturated rings. The first-order chi connectivity index (χ1) is 8.84. The van der Waals surface area contributed by atoms with Crippen LogP contribution in [0, 0.1) is 0 Å². The van der Waals surface area contributed by atoms with Crippen LogP contribution in [0.1, 0.15) is 0 Å². The predicted molar refractivity (Wildman–Crippen MR) is 57.8 cm³/mol. The van der Waals surface area contributed by atoms with E-state index in [0.717, 1.165) is 0 Å². The van der Waals surface area contributed by atoms with Crippen molar-refractivity contribution in [3.63, 3.8) is 0 Å². The fourth-order valence-electron chi connectivity index (χ4n) is 1.47. The zero-order chi connectivity index (χ0) is 15.8. The molecule has 1 rings (SSSR count). The maximum Gasteiger partial charge on any atom is 0.469 e. The second-order valence-corrected chi connectivity index (χ2v) is 6.47. The number of phosphoric acid groups is 2. The van der Waals surface area contributed by atoms with Crippen molar-refractivity contribution in [2.24, 2.45) is 0 Å². The Labute approximate surface area is 112 Å². The zero-order valence-corrected chi connectivity index (χ0v) is 11.5. The van der Waals surface area contributed by atoms with E-state index >= 15 is 0 Å². The molecule has 1 aliphatic rings. The summed E-state index contributed by atoms with van der Waals surface area (Å²) in [5, 5.41) is 28.8. The van der Waals surface area contributed by atoms with Gasteiger partial charge >= 0.3 is 15.6 Å². The standard InChI is InChI=1S/C6H14O12P2/c7-4-3(1-16-19(10,11)12)18-6(9,5(4)8)2-17-20(13,14)15/h3-5,7-9H,1-2H2,(H2,10,11,12)(H2,13,14,15)/t3-,4+,5+,6?/m1/s1. The van der Waals surface area contributed by atoms with Crippen LogP contribution in [0.3, 0.4) is 0 Å². The maximum atomic E-state index is 10.5. The molecule has 1 unspecified atom stereocenters. The van der Waals surface area contributed by atoms with Crippen molar-refractivity contribution in [1.29, 1.82) is 0 Å². The number of hydrogen-bond acceptors (Lipinski definition) is 8. The van der Waals surface area contributed by atoms with E-state index in [1.165, 1.54) is 0 Å². The molecule has 0 saturated carbocycles. The van der Waals surface area contributed by atoms with Gasteiger partial charge in [0.2, 0.25) is 5.79 Å². The highest BCUT2D eigenvalue weighted by Crippen LogP contribution is 2.41. The van der Waals surface area contributed by atoms with Crippen LogP contribution in [-0.4, -0.2) is 72.2 Å². The Bertz CT molecular complexity index is 428. The Morgan fingerprint density at radius 1 is 1.05 bits per heavy atom. The first-order valence-electron chi connectivity index (χ1n) is 5.00. The Morgan fingerprint density at radius 3 is 2.00 bits per heavy atom. The lowest BCUT2D eigenvalue weighted by Crippen LogP contribution is -2.46.